The van der Waals surface area contributed by atoms with E-state index in [9.17, 15) is 19.7 Å². The minimum atomic E-state index is -0.532. The number of non-ortho nitro benzene ring substituents is 1. The van der Waals surface area contributed by atoms with Gasteiger partial charge in [0.15, 0.2) is 5.17 Å². The topological polar surface area (TPSA) is 105 Å². The van der Waals surface area contributed by atoms with Crippen molar-refractivity contribution in [3.05, 3.63) is 34.4 Å². The molecular formula is C16H18N4O4S. The molecule has 2 aliphatic rings. The first-order valence-corrected chi connectivity index (χ1v) is 8.99. The molecule has 2 aliphatic heterocycles. The summed E-state index contributed by atoms with van der Waals surface area (Å²) in [5.41, 5.74) is 0.242. The number of nitro groups is 1. The van der Waals surface area contributed by atoms with Gasteiger partial charge in [0.25, 0.3) is 11.6 Å². The number of hydrogen-bond acceptors (Lipinski definition) is 6. The van der Waals surface area contributed by atoms with E-state index in [-0.39, 0.29) is 23.9 Å². The molecule has 0 radical (unpaired) electrons. The highest BCUT2D eigenvalue weighted by Crippen LogP contribution is 2.29. The standard InChI is InChI=1S/C16H18N4O4S/c21-14(17-11-5-4-6-12(9-11)20(23)24)10-13-15(22)18-16(25-13)19-7-2-1-3-8-19/h4-6,9,13H,1-3,7-8,10H2,(H,17,21). The minimum absolute atomic E-state index is 0.00691. The molecule has 8 nitrogen and oxygen atoms in total. The van der Waals surface area contributed by atoms with Gasteiger partial charge in [-0.1, -0.05) is 17.8 Å². The highest BCUT2D eigenvalue weighted by atomic mass is 32.2. The van der Waals surface area contributed by atoms with Crippen LogP contribution in [0.5, 0.6) is 0 Å². The van der Waals surface area contributed by atoms with Crippen LogP contribution in [0.1, 0.15) is 25.7 Å². The van der Waals surface area contributed by atoms with E-state index in [0.717, 1.165) is 25.9 Å². The van der Waals surface area contributed by atoms with Crippen LogP contribution in [0.25, 0.3) is 0 Å². The predicted octanol–water partition coefficient (Wildman–Crippen LogP) is 2.41. The fraction of sp³-hybridized carbons (Fsp3) is 0.438. The van der Waals surface area contributed by atoms with Crippen molar-refractivity contribution in [3.63, 3.8) is 0 Å². The molecule has 2 amide bonds. The normalized spacial score (nSPS) is 20.3. The number of likely N-dealkylation sites (tertiary alicyclic amines) is 1. The smallest absolute Gasteiger partial charge is 0.271 e. The van der Waals surface area contributed by atoms with Gasteiger partial charge in [0.05, 0.1) is 4.92 Å². The zero-order chi connectivity index (χ0) is 17.8. The van der Waals surface area contributed by atoms with Gasteiger partial charge in [-0.05, 0) is 25.3 Å². The lowest BCUT2D eigenvalue weighted by Crippen LogP contribution is -2.33. The number of hydrogen-bond donors (Lipinski definition) is 1. The first-order valence-electron chi connectivity index (χ1n) is 8.11. The zero-order valence-corrected chi connectivity index (χ0v) is 14.3. The van der Waals surface area contributed by atoms with Crippen molar-refractivity contribution in [1.82, 2.24) is 4.90 Å². The lowest BCUT2D eigenvalue weighted by atomic mass is 10.1. The number of carbonyl (C=O) groups is 2. The Morgan fingerprint density at radius 3 is 2.84 bits per heavy atom. The number of rotatable bonds is 4. The van der Waals surface area contributed by atoms with Crippen molar-refractivity contribution in [3.8, 4) is 0 Å². The molecule has 0 aromatic heterocycles. The predicted molar refractivity (Wildman–Crippen MR) is 95.6 cm³/mol. The Balaban J connectivity index is 1.56. The second-order valence-corrected chi connectivity index (χ2v) is 7.12. The van der Waals surface area contributed by atoms with Crippen LogP contribution in [-0.4, -0.2) is 45.1 Å². The molecule has 1 saturated heterocycles. The number of amidine groups is 1. The molecule has 25 heavy (non-hydrogen) atoms. The highest BCUT2D eigenvalue weighted by molar-refractivity contribution is 8.15. The van der Waals surface area contributed by atoms with Gasteiger partial charge in [-0.2, -0.15) is 4.99 Å². The Hall–Kier alpha value is -2.42. The lowest BCUT2D eigenvalue weighted by molar-refractivity contribution is -0.384. The van der Waals surface area contributed by atoms with Gasteiger partial charge < -0.3 is 10.2 Å². The van der Waals surface area contributed by atoms with E-state index >= 15 is 0 Å². The third-order valence-corrected chi connectivity index (χ3v) is 5.28. The van der Waals surface area contributed by atoms with Crippen molar-refractivity contribution >= 4 is 40.1 Å². The van der Waals surface area contributed by atoms with E-state index in [0.29, 0.717) is 10.9 Å². The van der Waals surface area contributed by atoms with E-state index in [2.05, 4.69) is 15.2 Å². The van der Waals surface area contributed by atoms with Gasteiger partial charge >= 0.3 is 0 Å². The van der Waals surface area contributed by atoms with Crippen LogP contribution in [0.15, 0.2) is 29.3 Å². The number of nitrogens with zero attached hydrogens (tertiary/aromatic N) is 3. The van der Waals surface area contributed by atoms with Crippen LogP contribution in [-0.2, 0) is 9.59 Å². The van der Waals surface area contributed by atoms with Crippen LogP contribution in [0.3, 0.4) is 0 Å². The molecule has 2 heterocycles. The Labute approximate surface area is 148 Å². The Kier molecular flexibility index (Phi) is 5.32. The van der Waals surface area contributed by atoms with Gasteiger partial charge in [-0.15, -0.1) is 0 Å². The summed E-state index contributed by atoms with van der Waals surface area (Å²) < 4.78 is 0. The summed E-state index contributed by atoms with van der Waals surface area (Å²) in [5.74, 6) is -0.652. The number of nitrogens with one attached hydrogen (secondary N) is 1. The first-order chi connectivity index (χ1) is 12.0. The van der Waals surface area contributed by atoms with Crippen molar-refractivity contribution in [2.75, 3.05) is 18.4 Å². The molecule has 0 bridgehead atoms. The summed E-state index contributed by atoms with van der Waals surface area (Å²) in [6.07, 6.45) is 3.36. The van der Waals surface area contributed by atoms with Crippen molar-refractivity contribution in [2.45, 2.75) is 30.9 Å². The maximum absolute atomic E-state index is 12.2. The van der Waals surface area contributed by atoms with E-state index < -0.39 is 10.2 Å². The summed E-state index contributed by atoms with van der Waals surface area (Å²) in [4.78, 5) is 40.7. The zero-order valence-electron chi connectivity index (χ0n) is 13.5. The maximum Gasteiger partial charge on any atom is 0.271 e. The molecule has 0 saturated carbocycles. The number of piperidine rings is 1. The van der Waals surface area contributed by atoms with E-state index in [4.69, 9.17) is 0 Å². The largest absolute Gasteiger partial charge is 0.351 e. The SMILES string of the molecule is O=C(CC1SC(N2CCCCC2)=NC1=O)Nc1cccc([N+](=O)[O-])c1. The third-order valence-electron chi connectivity index (χ3n) is 4.07. The highest BCUT2D eigenvalue weighted by Gasteiger charge is 2.33. The average molecular weight is 362 g/mol. The summed E-state index contributed by atoms with van der Waals surface area (Å²) in [5, 5.41) is 13.6. The van der Waals surface area contributed by atoms with Gasteiger partial charge in [0.1, 0.15) is 5.25 Å². The summed E-state index contributed by atoms with van der Waals surface area (Å²) >= 11 is 1.33. The fourth-order valence-corrected chi connectivity index (χ4v) is 3.92. The molecular weight excluding hydrogens is 344 g/mol. The number of amides is 2. The summed E-state index contributed by atoms with van der Waals surface area (Å²) in [6, 6.07) is 5.72. The van der Waals surface area contributed by atoms with Crippen LogP contribution < -0.4 is 5.32 Å². The molecule has 0 spiro atoms. The number of anilines is 1. The van der Waals surface area contributed by atoms with Crippen molar-refractivity contribution < 1.29 is 14.5 Å². The molecule has 3 rings (SSSR count). The average Bonchev–Trinajstić information content (AvgIpc) is 2.96. The third kappa shape index (κ3) is 4.36. The maximum atomic E-state index is 12.2. The second kappa shape index (κ2) is 7.64. The number of carbonyl (C=O) groups excluding carboxylic acids is 2. The Bertz CT molecular complexity index is 731. The van der Waals surface area contributed by atoms with E-state index in [1.54, 1.807) is 6.07 Å². The van der Waals surface area contributed by atoms with Crippen LogP contribution >= 0.6 is 11.8 Å². The number of nitro benzene ring substituents is 1. The van der Waals surface area contributed by atoms with Gasteiger partial charge in [0, 0.05) is 37.3 Å². The number of thioether (sulfide) groups is 1. The second-order valence-electron chi connectivity index (χ2n) is 5.95. The Morgan fingerprint density at radius 1 is 1.36 bits per heavy atom. The van der Waals surface area contributed by atoms with Gasteiger partial charge in [-0.25, -0.2) is 0 Å². The Morgan fingerprint density at radius 2 is 2.12 bits per heavy atom. The van der Waals surface area contributed by atoms with Crippen LogP contribution in [0.4, 0.5) is 11.4 Å². The monoisotopic (exact) mass is 362 g/mol. The molecule has 132 valence electrons. The molecule has 1 fully saturated rings. The van der Waals surface area contributed by atoms with E-state index in [1.807, 2.05) is 0 Å². The van der Waals surface area contributed by atoms with Crippen molar-refractivity contribution in [1.29, 1.82) is 0 Å². The quantitative estimate of drug-likeness (QED) is 0.651. The number of aliphatic imine (C=N–C) groups is 1. The molecule has 1 aromatic carbocycles. The van der Waals surface area contributed by atoms with Gasteiger partial charge in [0.2, 0.25) is 5.91 Å². The van der Waals surface area contributed by atoms with Gasteiger partial charge in [-0.3, -0.25) is 19.7 Å². The molecule has 1 N–H and O–H groups in total. The molecule has 1 atom stereocenters. The molecule has 1 unspecified atom stereocenters. The number of benzene rings is 1. The summed E-state index contributed by atoms with van der Waals surface area (Å²) in [6.45, 7) is 1.79. The van der Waals surface area contributed by atoms with E-state index in [1.165, 1.54) is 36.4 Å². The van der Waals surface area contributed by atoms with Crippen molar-refractivity contribution in [2.24, 2.45) is 4.99 Å². The minimum Gasteiger partial charge on any atom is -0.351 e. The first kappa shape index (κ1) is 17.4. The fourth-order valence-electron chi connectivity index (χ4n) is 2.81. The van der Waals surface area contributed by atoms with Crippen LogP contribution in [0, 0.1) is 10.1 Å². The molecule has 9 heteroatoms. The molecule has 0 aliphatic carbocycles. The molecule has 1 aromatic rings. The van der Waals surface area contributed by atoms with Crippen LogP contribution in [0.2, 0.25) is 0 Å². The lowest BCUT2D eigenvalue weighted by Gasteiger charge is -2.27. The summed E-state index contributed by atoms with van der Waals surface area (Å²) in [7, 11) is 0.